The summed E-state index contributed by atoms with van der Waals surface area (Å²) in [7, 11) is 0. The van der Waals surface area contributed by atoms with Gasteiger partial charge in [0.25, 0.3) is 0 Å². The van der Waals surface area contributed by atoms with Crippen LogP contribution >= 0.6 is 0 Å². The van der Waals surface area contributed by atoms with E-state index in [0.717, 1.165) is 17.1 Å². The predicted octanol–water partition coefficient (Wildman–Crippen LogP) is 10.3. The number of benzene rings is 7. The van der Waals surface area contributed by atoms with Gasteiger partial charge in [-0.15, -0.1) is 0 Å². The molecular weight excluding hydrogens is 446 g/mol. The molecule has 0 N–H and O–H groups in total. The fraction of sp³-hybridized carbons (Fsp3) is 0. The van der Waals surface area contributed by atoms with Crippen LogP contribution in [0.4, 0.5) is 17.1 Å². The van der Waals surface area contributed by atoms with Gasteiger partial charge in [-0.25, -0.2) is 0 Å². The number of hydrogen-bond donors (Lipinski definition) is 0. The minimum Gasteiger partial charge on any atom is -0.310 e. The molecule has 7 aromatic carbocycles. The first-order chi connectivity index (χ1) is 18.3. The van der Waals surface area contributed by atoms with Crippen LogP contribution in [0, 0.1) is 0 Å². The fourth-order valence-electron chi connectivity index (χ4n) is 5.40. The summed E-state index contributed by atoms with van der Waals surface area (Å²) in [6, 6.07) is 54.5. The van der Waals surface area contributed by atoms with Gasteiger partial charge in [-0.3, -0.25) is 0 Å². The number of hydrogen-bond acceptors (Lipinski definition) is 1. The van der Waals surface area contributed by atoms with Gasteiger partial charge in [0.1, 0.15) is 0 Å². The highest BCUT2D eigenvalue weighted by molar-refractivity contribution is 6.17. The van der Waals surface area contributed by atoms with E-state index in [1.165, 1.54) is 43.4 Å². The number of nitrogens with zero attached hydrogens (tertiary/aromatic N) is 1. The normalized spacial score (nSPS) is 11.2. The lowest BCUT2D eigenvalue weighted by atomic mass is 9.96. The zero-order valence-corrected chi connectivity index (χ0v) is 20.4. The second-order valence-electron chi connectivity index (χ2n) is 9.44. The number of anilines is 3. The van der Waals surface area contributed by atoms with Crippen molar-refractivity contribution in [3.63, 3.8) is 0 Å². The average Bonchev–Trinajstić information content (AvgIpc) is 2.98. The van der Waals surface area contributed by atoms with E-state index >= 15 is 0 Å². The molecule has 0 atom stereocenters. The van der Waals surface area contributed by atoms with Crippen molar-refractivity contribution in [3.05, 3.63) is 152 Å². The van der Waals surface area contributed by atoms with Crippen molar-refractivity contribution >= 4 is 49.4 Å². The van der Waals surface area contributed by atoms with Gasteiger partial charge in [0.2, 0.25) is 0 Å². The molecule has 0 aliphatic heterocycles. The highest BCUT2D eigenvalue weighted by atomic mass is 15.1. The predicted molar refractivity (Wildman–Crippen MR) is 159 cm³/mol. The molecule has 0 radical (unpaired) electrons. The number of rotatable bonds is 4. The molecule has 0 bridgehead atoms. The van der Waals surface area contributed by atoms with E-state index < -0.39 is 0 Å². The van der Waals surface area contributed by atoms with Gasteiger partial charge in [-0.05, 0) is 79.8 Å². The van der Waals surface area contributed by atoms with E-state index in [2.05, 4.69) is 157 Å². The van der Waals surface area contributed by atoms with Gasteiger partial charge in [-0.2, -0.15) is 0 Å². The Balaban J connectivity index is 1.41. The van der Waals surface area contributed by atoms with Crippen LogP contribution in [0.25, 0.3) is 43.4 Å². The van der Waals surface area contributed by atoms with E-state index in [0.29, 0.717) is 0 Å². The lowest BCUT2D eigenvalue weighted by Gasteiger charge is -2.26. The molecule has 174 valence electrons. The van der Waals surface area contributed by atoms with Crippen LogP contribution in [0.2, 0.25) is 0 Å². The van der Waals surface area contributed by atoms with Crippen molar-refractivity contribution in [2.24, 2.45) is 0 Å². The van der Waals surface area contributed by atoms with Crippen LogP contribution in [0.5, 0.6) is 0 Å². The summed E-state index contributed by atoms with van der Waals surface area (Å²) in [6.45, 7) is 0. The quantitative estimate of drug-likeness (QED) is 0.231. The van der Waals surface area contributed by atoms with Crippen molar-refractivity contribution in [2.75, 3.05) is 4.90 Å². The topological polar surface area (TPSA) is 3.24 Å². The summed E-state index contributed by atoms with van der Waals surface area (Å²) in [5, 5.41) is 7.66. The van der Waals surface area contributed by atoms with Crippen LogP contribution < -0.4 is 4.90 Å². The highest BCUT2D eigenvalue weighted by Gasteiger charge is 2.14. The summed E-state index contributed by atoms with van der Waals surface area (Å²) in [5.74, 6) is 0. The van der Waals surface area contributed by atoms with E-state index in [4.69, 9.17) is 0 Å². The molecule has 0 aliphatic rings. The molecular formula is C36H25N. The molecule has 0 saturated carbocycles. The molecule has 0 aromatic heterocycles. The van der Waals surface area contributed by atoms with E-state index in [9.17, 15) is 0 Å². The Hall–Kier alpha value is -4.88. The zero-order chi connectivity index (χ0) is 24.6. The lowest BCUT2D eigenvalue weighted by molar-refractivity contribution is 1.29. The van der Waals surface area contributed by atoms with Gasteiger partial charge in [-0.1, -0.05) is 115 Å². The molecule has 0 spiro atoms. The van der Waals surface area contributed by atoms with Gasteiger partial charge in [0.15, 0.2) is 0 Å². The Kier molecular flexibility index (Phi) is 5.19. The average molecular weight is 472 g/mol. The summed E-state index contributed by atoms with van der Waals surface area (Å²) in [6.07, 6.45) is 0. The molecule has 0 fully saturated rings. The molecule has 1 nitrogen and oxygen atoms in total. The maximum atomic E-state index is 2.34. The van der Waals surface area contributed by atoms with Gasteiger partial charge in [0.05, 0.1) is 0 Å². The minimum atomic E-state index is 1.14. The third-order valence-electron chi connectivity index (χ3n) is 7.23. The summed E-state index contributed by atoms with van der Waals surface area (Å²) < 4.78 is 0. The second-order valence-corrected chi connectivity index (χ2v) is 9.44. The summed E-state index contributed by atoms with van der Waals surface area (Å²) in [4.78, 5) is 2.34. The SMILES string of the molecule is c1ccc(-c2ccc(N(c3ccccc3)c3ccc4ccc5c6ccccc6ccc5c4c3)cc2)cc1. The van der Waals surface area contributed by atoms with E-state index in [1.807, 2.05) is 0 Å². The van der Waals surface area contributed by atoms with Crippen LogP contribution in [0.3, 0.4) is 0 Å². The Morgan fingerprint density at radius 3 is 1.57 bits per heavy atom. The molecule has 1 heteroatoms. The Bertz CT molecular complexity index is 1850. The highest BCUT2D eigenvalue weighted by Crippen LogP contribution is 2.39. The van der Waals surface area contributed by atoms with Crippen LogP contribution in [-0.2, 0) is 0 Å². The first-order valence-corrected chi connectivity index (χ1v) is 12.7. The number of para-hydroxylation sites is 1. The lowest BCUT2D eigenvalue weighted by Crippen LogP contribution is -2.09. The molecule has 37 heavy (non-hydrogen) atoms. The molecule has 7 rings (SSSR count). The van der Waals surface area contributed by atoms with Crippen LogP contribution in [-0.4, -0.2) is 0 Å². The van der Waals surface area contributed by atoms with Crippen molar-refractivity contribution in [2.45, 2.75) is 0 Å². The first kappa shape index (κ1) is 21.4. The van der Waals surface area contributed by atoms with Gasteiger partial charge < -0.3 is 4.90 Å². The second kappa shape index (κ2) is 8.96. The Morgan fingerprint density at radius 2 is 0.811 bits per heavy atom. The standard InChI is InChI=1S/C36H25N/c1-3-9-26(10-4-1)27-15-20-31(21-16-27)37(30-12-5-2-6-13-30)32-22-17-29-19-23-34-33-14-8-7-11-28(33)18-24-35(34)36(29)25-32/h1-25H. The molecule has 0 unspecified atom stereocenters. The smallest absolute Gasteiger partial charge is 0.0468 e. The third kappa shape index (κ3) is 3.82. The zero-order valence-electron chi connectivity index (χ0n) is 20.4. The van der Waals surface area contributed by atoms with Crippen molar-refractivity contribution < 1.29 is 0 Å². The van der Waals surface area contributed by atoms with Gasteiger partial charge in [0, 0.05) is 17.1 Å². The summed E-state index contributed by atoms with van der Waals surface area (Å²) in [5.41, 5.74) is 5.86. The van der Waals surface area contributed by atoms with E-state index in [1.54, 1.807) is 0 Å². The van der Waals surface area contributed by atoms with E-state index in [-0.39, 0.29) is 0 Å². The van der Waals surface area contributed by atoms with Gasteiger partial charge >= 0.3 is 0 Å². The Labute approximate surface area is 216 Å². The largest absolute Gasteiger partial charge is 0.310 e. The van der Waals surface area contributed by atoms with Crippen LogP contribution in [0.1, 0.15) is 0 Å². The molecule has 7 aromatic rings. The van der Waals surface area contributed by atoms with Crippen molar-refractivity contribution in [1.82, 2.24) is 0 Å². The molecule has 0 heterocycles. The fourth-order valence-corrected chi connectivity index (χ4v) is 5.40. The first-order valence-electron chi connectivity index (χ1n) is 12.7. The Morgan fingerprint density at radius 1 is 0.297 bits per heavy atom. The molecule has 0 amide bonds. The molecule has 0 aliphatic carbocycles. The third-order valence-corrected chi connectivity index (χ3v) is 7.23. The monoisotopic (exact) mass is 471 g/mol. The minimum absolute atomic E-state index is 1.14. The van der Waals surface area contributed by atoms with Crippen molar-refractivity contribution in [1.29, 1.82) is 0 Å². The van der Waals surface area contributed by atoms with Crippen LogP contribution in [0.15, 0.2) is 152 Å². The number of fused-ring (bicyclic) bond motifs is 5. The molecule has 0 saturated heterocycles. The summed E-state index contributed by atoms with van der Waals surface area (Å²) >= 11 is 0. The maximum Gasteiger partial charge on any atom is 0.0468 e. The van der Waals surface area contributed by atoms with Crippen molar-refractivity contribution in [3.8, 4) is 11.1 Å². The maximum absolute atomic E-state index is 2.34.